The van der Waals surface area contributed by atoms with E-state index in [2.05, 4.69) is 21.2 Å². The average Bonchev–Trinajstić information content (AvgIpc) is 2.34. The van der Waals surface area contributed by atoms with Gasteiger partial charge in [-0.25, -0.2) is 4.79 Å². The molecule has 1 aromatic carbocycles. The van der Waals surface area contributed by atoms with Crippen molar-refractivity contribution in [3.63, 3.8) is 0 Å². The lowest BCUT2D eigenvalue weighted by Gasteiger charge is -2.20. The maximum absolute atomic E-state index is 11.0. The van der Waals surface area contributed by atoms with Gasteiger partial charge >= 0.3 is 5.97 Å². The lowest BCUT2D eigenvalue weighted by Crippen LogP contribution is -2.27. The standard InChI is InChI=1S/C13H18BrNO3/c1-4-11(13(16)17)18-12-7-9(14)5-6-10(12)8(2)15-3/h5-8,11,15H,4H2,1-3H3,(H,16,17). The smallest absolute Gasteiger partial charge is 0.344 e. The summed E-state index contributed by atoms with van der Waals surface area (Å²) in [7, 11) is 1.85. The molecular weight excluding hydrogens is 298 g/mol. The second kappa shape index (κ2) is 6.75. The molecule has 0 aliphatic carbocycles. The Kier molecular flexibility index (Phi) is 5.62. The molecule has 0 saturated carbocycles. The minimum Gasteiger partial charge on any atom is -0.479 e. The van der Waals surface area contributed by atoms with E-state index in [4.69, 9.17) is 9.84 Å². The fraction of sp³-hybridized carbons (Fsp3) is 0.462. The number of halogens is 1. The monoisotopic (exact) mass is 315 g/mol. The summed E-state index contributed by atoms with van der Waals surface area (Å²) in [4.78, 5) is 11.0. The largest absolute Gasteiger partial charge is 0.479 e. The summed E-state index contributed by atoms with van der Waals surface area (Å²) in [6.45, 7) is 3.79. The average molecular weight is 316 g/mol. The molecule has 1 rings (SSSR count). The highest BCUT2D eigenvalue weighted by atomic mass is 79.9. The van der Waals surface area contributed by atoms with Crippen molar-refractivity contribution in [3.8, 4) is 5.75 Å². The summed E-state index contributed by atoms with van der Waals surface area (Å²) in [6.07, 6.45) is -0.392. The molecule has 0 bridgehead atoms. The van der Waals surface area contributed by atoms with Gasteiger partial charge in [-0.05, 0) is 32.5 Å². The Morgan fingerprint density at radius 1 is 1.56 bits per heavy atom. The molecule has 0 aromatic heterocycles. The topological polar surface area (TPSA) is 58.6 Å². The van der Waals surface area contributed by atoms with Crippen molar-refractivity contribution < 1.29 is 14.6 Å². The van der Waals surface area contributed by atoms with Crippen molar-refractivity contribution >= 4 is 21.9 Å². The molecule has 5 heteroatoms. The molecule has 0 spiro atoms. The van der Waals surface area contributed by atoms with E-state index in [1.165, 1.54) is 0 Å². The van der Waals surface area contributed by atoms with Crippen LogP contribution in [0.4, 0.5) is 0 Å². The molecule has 2 unspecified atom stereocenters. The van der Waals surface area contributed by atoms with Crippen LogP contribution in [0, 0.1) is 0 Å². The maximum atomic E-state index is 11.0. The van der Waals surface area contributed by atoms with Crippen LogP contribution in [0.5, 0.6) is 5.75 Å². The molecule has 0 fully saturated rings. The van der Waals surface area contributed by atoms with Gasteiger partial charge in [0.25, 0.3) is 0 Å². The minimum absolute atomic E-state index is 0.0967. The Morgan fingerprint density at radius 3 is 2.72 bits per heavy atom. The highest BCUT2D eigenvalue weighted by Crippen LogP contribution is 2.29. The number of ether oxygens (including phenoxy) is 1. The van der Waals surface area contributed by atoms with Gasteiger partial charge in [-0.2, -0.15) is 0 Å². The van der Waals surface area contributed by atoms with Crippen LogP contribution in [-0.4, -0.2) is 24.2 Å². The minimum atomic E-state index is -0.944. The highest BCUT2D eigenvalue weighted by Gasteiger charge is 2.20. The van der Waals surface area contributed by atoms with Crippen molar-refractivity contribution in [2.75, 3.05) is 7.05 Å². The molecule has 0 saturated heterocycles. The van der Waals surface area contributed by atoms with Gasteiger partial charge in [0.05, 0.1) is 0 Å². The fourth-order valence-corrected chi connectivity index (χ4v) is 1.93. The first-order valence-electron chi connectivity index (χ1n) is 5.85. The molecule has 0 amide bonds. The third-order valence-corrected chi connectivity index (χ3v) is 3.28. The predicted molar refractivity (Wildman–Crippen MR) is 74.0 cm³/mol. The number of rotatable bonds is 6. The van der Waals surface area contributed by atoms with Gasteiger partial charge in [-0.3, -0.25) is 0 Å². The number of hydrogen-bond donors (Lipinski definition) is 2. The quantitative estimate of drug-likeness (QED) is 0.847. The molecule has 0 heterocycles. The Morgan fingerprint density at radius 2 is 2.22 bits per heavy atom. The number of benzene rings is 1. The number of aliphatic carboxylic acids is 1. The lowest BCUT2D eigenvalue weighted by molar-refractivity contribution is -0.145. The van der Waals surface area contributed by atoms with Crippen LogP contribution in [0.25, 0.3) is 0 Å². The molecule has 18 heavy (non-hydrogen) atoms. The molecule has 0 radical (unpaired) electrons. The fourth-order valence-electron chi connectivity index (χ4n) is 1.59. The van der Waals surface area contributed by atoms with Gasteiger partial charge in [-0.1, -0.05) is 28.9 Å². The number of carboxylic acids is 1. The molecule has 0 aliphatic heterocycles. The van der Waals surface area contributed by atoms with Gasteiger partial charge in [0.15, 0.2) is 6.10 Å². The Bertz CT molecular complexity index is 423. The van der Waals surface area contributed by atoms with Crippen LogP contribution in [0.2, 0.25) is 0 Å². The second-order valence-electron chi connectivity index (χ2n) is 4.05. The van der Waals surface area contributed by atoms with E-state index >= 15 is 0 Å². The van der Waals surface area contributed by atoms with Crippen molar-refractivity contribution in [2.24, 2.45) is 0 Å². The maximum Gasteiger partial charge on any atom is 0.344 e. The zero-order valence-corrected chi connectivity index (χ0v) is 12.3. The molecule has 2 atom stereocenters. The van der Waals surface area contributed by atoms with Crippen LogP contribution in [0.3, 0.4) is 0 Å². The van der Waals surface area contributed by atoms with Gasteiger partial charge in [0.1, 0.15) is 5.75 Å². The lowest BCUT2D eigenvalue weighted by atomic mass is 10.1. The van der Waals surface area contributed by atoms with Gasteiger partial charge in [0.2, 0.25) is 0 Å². The number of hydrogen-bond acceptors (Lipinski definition) is 3. The van der Waals surface area contributed by atoms with Crippen LogP contribution >= 0.6 is 15.9 Å². The van der Waals surface area contributed by atoms with Crippen molar-refractivity contribution in [1.29, 1.82) is 0 Å². The van der Waals surface area contributed by atoms with Crippen molar-refractivity contribution in [3.05, 3.63) is 28.2 Å². The van der Waals surface area contributed by atoms with E-state index in [0.29, 0.717) is 12.2 Å². The Labute approximate surface area is 115 Å². The van der Waals surface area contributed by atoms with Crippen LogP contribution in [0.1, 0.15) is 31.9 Å². The normalized spacial score (nSPS) is 14.0. The number of carbonyl (C=O) groups is 1. The molecule has 0 aliphatic rings. The summed E-state index contributed by atoms with van der Waals surface area (Å²) in [5.74, 6) is -0.346. The van der Waals surface area contributed by atoms with E-state index in [1.807, 2.05) is 26.1 Å². The molecule has 2 N–H and O–H groups in total. The molecule has 100 valence electrons. The summed E-state index contributed by atoms with van der Waals surface area (Å²) >= 11 is 3.37. The molecular formula is C13H18BrNO3. The third kappa shape index (κ3) is 3.71. The van der Waals surface area contributed by atoms with E-state index in [9.17, 15) is 4.79 Å². The Hall–Kier alpha value is -1.07. The van der Waals surface area contributed by atoms with E-state index in [-0.39, 0.29) is 6.04 Å². The summed E-state index contributed by atoms with van der Waals surface area (Å²) < 4.78 is 6.46. The summed E-state index contributed by atoms with van der Waals surface area (Å²) in [5.41, 5.74) is 0.945. The van der Waals surface area contributed by atoms with Crippen LogP contribution in [-0.2, 0) is 4.79 Å². The highest BCUT2D eigenvalue weighted by molar-refractivity contribution is 9.10. The van der Waals surface area contributed by atoms with Crippen molar-refractivity contribution in [2.45, 2.75) is 32.4 Å². The molecule has 4 nitrogen and oxygen atoms in total. The first kappa shape index (κ1) is 15.0. The second-order valence-corrected chi connectivity index (χ2v) is 4.96. The summed E-state index contributed by atoms with van der Waals surface area (Å²) in [5, 5.41) is 12.2. The first-order chi connectivity index (χ1) is 8.49. The number of carboxylic acid groups (broad SMARTS) is 1. The summed E-state index contributed by atoms with van der Waals surface area (Å²) in [6, 6.07) is 5.74. The van der Waals surface area contributed by atoms with Gasteiger partial charge < -0.3 is 15.2 Å². The van der Waals surface area contributed by atoms with E-state index in [0.717, 1.165) is 10.0 Å². The SMILES string of the molecule is CCC(Oc1cc(Br)ccc1C(C)NC)C(=O)O. The van der Waals surface area contributed by atoms with Gasteiger partial charge in [-0.15, -0.1) is 0 Å². The van der Waals surface area contributed by atoms with Gasteiger partial charge in [0, 0.05) is 16.1 Å². The van der Waals surface area contributed by atoms with E-state index < -0.39 is 12.1 Å². The van der Waals surface area contributed by atoms with E-state index in [1.54, 1.807) is 13.0 Å². The zero-order valence-electron chi connectivity index (χ0n) is 10.7. The van der Waals surface area contributed by atoms with Crippen molar-refractivity contribution in [1.82, 2.24) is 5.32 Å². The third-order valence-electron chi connectivity index (χ3n) is 2.79. The molecule has 1 aromatic rings. The van der Waals surface area contributed by atoms with Crippen LogP contribution < -0.4 is 10.1 Å². The first-order valence-corrected chi connectivity index (χ1v) is 6.65. The number of nitrogens with one attached hydrogen (secondary N) is 1. The predicted octanol–water partition coefficient (Wildman–Crippen LogP) is 2.97. The Balaban J connectivity index is 3.05. The van der Waals surface area contributed by atoms with Crippen LogP contribution in [0.15, 0.2) is 22.7 Å². The zero-order chi connectivity index (χ0) is 13.7.